The lowest BCUT2D eigenvalue weighted by molar-refractivity contribution is 0.0702. The third-order valence-corrected chi connectivity index (χ3v) is 5.75. The number of piperazine rings is 1. The van der Waals surface area contributed by atoms with Crippen LogP contribution in [0.2, 0.25) is 0 Å². The van der Waals surface area contributed by atoms with E-state index in [1.165, 1.54) is 12.1 Å². The monoisotopic (exact) mass is 305 g/mol. The molecule has 2 N–H and O–H groups in total. The minimum Gasteiger partial charge on any atom is -0.477 e. The molecule has 19 heavy (non-hydrogen) atoms. The Morgan fingerprint density at radius 2 is 1.95 bits per heavy atom. The number of sulfonamides is 1. The van der Waals surface area contributed by atoms with Gasteiger partial charge in [-0.2, -0.15) is 0 Å². The van der Waals surface area contributed by atoms with Crippen LogP contribution in [0.15, 0.2) is 16.3 Å². The molecule has 0 spiro atoms. The van der Waals surface area contributed by atoms with Gasteiger partial charge in [0.2, 0.25) is 0 Å². The van der Waals surface area contributed by atoms with E-state index in [2.05, 4.69) is 9.73 Å². The first-order valence-corrected chi connectivity index (χ1v) is 7.97. The summed E-state index contributed by atoms with van der Waals surface area (Å²) in [5.41, 5.74) is 0. The summed E-state index contributed by atoms with van der Waals surface area (Å²) in [6.07, 6.45) is 0. The van der Waals surface area contributed by atoms with Gasteiger partial charge in [-0.3, -0.25) is 0 Å². The van der Waals surface area contributed by atoms with Crippen LogP contribution >= 0.6 is 11.3 Å². The number of nitrogens with one attached hydrogen (secondary N) is 1. The van der Waals surface area contributed by atoms with Gasteiger partial charge in [0, 0.05) is 26.2 Å². The number of carboxylic acid groups (broad SMARTS) is 1. The first-order valence-electron chi connectivity index (χ1n) is 5.67. The van der Waals surface area contributed by atoms with E-state index in [4.69, 9.17) is 5.11 Å². The highest BCUT2D eigenvalue weighted by Gasteiger charge is 2.23. The summed E-state index contributed by atoms with van der Waals surface area (Å²) in [7, 11) is -1.70. The number of thiophene rings is 1. The summed E-state index contributed by atoms with van der Waals surface area (Å²) in [6, 6.07) is 2.61. The van der Waals surface area contributed by atoms with Gasteiger partial charge in [-0.05, 0) is 19.2 Å². The fourth-order valence-electron chi connectivity index (χ4n) is 1.69. The Hall–Kier alpha value is -1.00. The number of hydrogen-bond donors (Lipinski definition) is 2. The van der Waals surface area contributed by atoms with Crippen molar-refractivity contribution in [1.82, 2.24) is 14.7 Å². The Kier molecular flexibility index (Phi) is 4.21. The molecule has 2 rings (SSSR count). The molecule has 0 radical (unpaired) electrons. The standard InChI is InChI=1S/C10H15N3O4S2/c1-12-4-6-13(7-5-12)11-19(16,17)9-3-2-8(18-9)10(14)15/h2-3,11H,4-7H2,1H3,(H,14,15). The summed E-state index contributed by atoms with van der Waals surface area (Å²) in [5, 5.41) is 10.4. The Morgan fingerprint density at radius 3 is 2.47 bits per heavy atom. The number of hydrazine groups is 1. The third-order valence-electron chi connectivity index (χ3n) is 2.81. The van der Waals surface area contributed by atoms with Crippen LogP contribution < -0.4 is 4.83 Å². The Bertz CT molecular complexity index is 561. The van der Waals surface area contributed by atoms with Crippen LogP contribution in [-0.2, 0) is 10.0 Å². The van der Waals surface area contributed by atoms with Crippen molar-refractivity contribution in [3.63, 3.8) is 0 Å². The van der Waals surface area contributed by atoms with Gasteiger partial charge in [0.1, 0.15) is 9.09 Å². The van der Waals surface area contributed by atoms with Crippen LogP contribution in [0, 0.1) is 0 Å². The Morgan fingerprint density at radius 1 is 1.32 bits per heavy atom. The van der Waals surface area contributed by atoms with Gasteiger partial charge < -0.3 is 10.0 Å². The molecule has 0 atom stereocenters. The molecule has 106 valence electrons. The molecule has 1 aromatic heterocycles. The van der Waals surface area contributed by atoms with Gasteiger partial charge in [-0.15, -0.1) is 16.2 Å². The average molecular weight is 305 g/mol. The van der Waals surface area contributed by atoms with Crippen LogP contribution in [0.5, 0.6) is 0 Å². The smallest absolute Gasteiger partial charge is 0.345 e. The second-order valence-corrected chi connectivity index (χ2v) is 7.28. The second-order valence-electron chi connectivity index (χ2n) is 4.31. The lowest BCUT2D eigenvalue weighted by Crippen LogP contribution is -2.52. The summed E-state index contributed by atoms with van der Waals surface area (Å²) in [5.74, 6) is -1.12. The van der Waals surface area contributed by atoms with E-state index in [0.29, 0.717) is 13.1 Å². The zero-order valence-electron chi connectivity index (χ0n) is 10.4. The highest BCUT2D eigenvalue weighted by atomic mass is 32.2. The van der Waals surface area contributed by atoms with E-state index in [9.17, 15) is 13.2 Å². The lowest BCUT2D eigenvalue weighted by atomic mass is 10.4. The van der Waals surface area contributed by atoms with E-state index in [1.54, 1.807) is 5.01 Å². The van der Waals surface area contributed by atoms with Crippen molar-refractivity contribution in [1.29, 1.82) is 0 Å². The van der Waals surface area contributed by atoms with Crippen LogP contribution in [-0.4, -0.2) is 62.6 Å². The average Bonchev–Trinajstić information content (AvgIpc) is 2.82. The molecule has 0 unspecified atom stereocenters. The third kappa shape index (κ3) is 3.51. The molecular formula is C10H15N3O4S2. The van der Waals surface area contributed by atoms with Crippen LogP contribution in [0.1, 0.15) is 9.67 Å². The van der Waals surface area contributed by atoms with E-state index >= 15 is 0 Å². The zero-order valence-corrected chi connectivity index (χ0v) is 12.0. The maximum absolute atomic E-state index is 12.1. The molecule has 0 amide bonds. The van der Waals surface area contributed by atoms with Crippen LogP contribution in [0.25, 0.3) is 0 Å². The molecule has 1 aliphatic rings. The fraction of sp³-hybridized carbons (Fsp3) is 0.500. The highest BCUT2D eigenvalue weighted by molar-refractivity contribution is 7.91. The van der Waals surface area contributed by atoms with Crippen molar-refractivity contribution in [2.24, 2.45) is 0 Å². The molecule has 1 fully saturated rings. The predicted molar refractivity (Wildman–Crippen MR) is 70.7 cm³/mol. The van der Waals surface area contributed by atoms with Crippen molar-refractivity contribution in [2.45, 2.75) is 4.21 Å². The number of nitrogens with zero attached hydrogens (tertiary/aromatic N) is 2. The lowest BCUT2D eigenvalue weighted by Gasteiger charge is -2.31. The van der Waals surface area contributed by atoms with Crippen molar-refractivity contribution in [2.75, 3.05) is 33.2 Å². The summed E-state index contributed by atoms with van der Waals surface area (Å²) >= 11 is 0.750. The summed E-state index contributed by atoms with van der Waals surface area (Å²) in [6.45, 7) is 2.78. The topological polar surface area (TPSA) is 90.0 Å². The molecule has 0 saturated carbocycles. The molecule has 9 heteroatoms. The summed E-state index contributed by atoms with van der Waals surface area (Å²) in [4.78, 5) is 15.3. The Balaban J connectivity index is 2.07. The second kappa shape index (κ2) is 5.55. The largest absolute Gasteiger partial charge is 0.477 e. The fourth-order valence-corrected chi connectivity index (χ4v) is 3.95. The molecule has 1 saturated heterocycles. The van der Waals surface area contributed by atoms with Gasteiger partial charge in [-0.25, -0.2) is 18.2 Å². The molecule has 0 bridgehead atoms. The van der Waals surface area contributed by atoms with E-state index < -0.39 is 16.0 Å². The molecule has 7 nitrogen and oxygen atoms in total. The normalized spacial score (nSPS) is 18.6. The van der Waals surface area contributed by atoms with E-state index in [0.717, 1.165) is 24.4 Å². The van der Waals surface area contributed by atoms with Gasteiger partial charge in [0.25, 0.3) is 10.0 Å². The quantitative estimate of drug-likeness (QED) is 0.806. The molecular weight excluding hydrogens is 290 g/mol. The number of carbonyl (C=O) groups is 1. The summed E-state index contributed by atoms with van der Waals surface area (Å²) < 4.78 is 24.2. The van der Waals surface area contributed by atoms with Gasteiger partial charge in [-0.1, -0.05) is 0 Å². The maximum Gasteiger partial charge on any atom is 0.345 e. The predicted octanol–water partition coefficient (Wildman–Crippen LogP) is -0.113. The minimum absolute atomic E-state index is 0.0127. The number of carboxylic acids is 1. The zero-order chi connectivity index (χ0) is 14.0. The van der Waals surface area contributed by atoms with Crippen LogP contribution in [0.4, 0.5) is 0 Å². The first kappa shape index (κ1) is 14.4. The maximum atomic E-state index is 12.1. The number of hydrogen-bond acceptors (Lipinski definition) is 6. The molecule has 0 aliphatic carbocycles. The SMILES string of the molecule is CN1CCN(NS(=O)(=O)c2ccc(C(=O)O)s2)CC1. The molecule has 1 aliphatic heterocycles. The highest BCUT2D eigenvalue weighted by Crippen LogP contribution is 2.21. The van der Waals surface area contributed by atoms with Crippen LogP contribution in [0.3, 0.4) is 0 Å². The van der Waals surface area contributed by atoms with Crippen molar-refractivity contribution < 1.29 is 18.3 Å². The van der Waals surface area contributed by atoms with E-state index in [-0.39, 0.29) is 9.09 Å². The number of likely N-dealkylation sites (N-methyl/N-ethyl adjacent to an activating group) is 1. The van der Waals surface area contributed by atoms with Crippen molar-refractivity contribution >= 4 is 27.3 Å². The molecule has 1 aromatic rings. The van der Waals surface area contributed by atoms with Gasteiger partial charge in [0.15, 0.2) is 0 Å². The molecule has 2 heterocycles. The van der Waals surface area contributed by atoms with Crippen molar-refractivity contribution in [3.05, 3.63) is 17.0 Å². The van der Waals surface area contributed by atoms with Gasteiger partial charge in [0.05, 0.1) is 0 Å². The number of aromatic carboxylic acids is 1. The van der Waals surface area contributed by atoms with Gasteiger partial charge >= 0.3 is 5.97 Å². The number of rotatable bonds is 4. The first-order chi connectivity index (χ1) is 8.88. The van der Waals surface area contributed by atoms with E-state index in [1.807, 2.05) is 7.05 Å². The van der Waals surface area contributed by atoms with Crippen molar-refractivity contribution in [3.8, 4) is 0 Å². The minimum atomic E-state index is -3.68. The Labute approximate surface area is 115 Å². The molecule has 0 aromatic carbocycles.